The van der Waals surface area contributed by atoms with E-state index in [4.69, 9.17) is 17.3 Å². The Bertz CT molecular complexity index is 455. The van der Waals surface area contributed by atoms with Crippen LogP contribution < -0.4 is 11.1 Å². The van der Waals surface area contributed by atoms with Gasteiger partial charge in [-0.3, -0.25) is 9.59 Å². The molecule has 4 nitrogen and oxygen atoms in total. The summed E-state index contributed by atoms with van der Waals surface area (Å²) in [6.45, 7) is 0. The van der Waals surface area contributed by atoms with Gasteiger partial charge in [0.05, 0.1) is 0 Å². The Labute approximate surface area is 110 Å². The Morgan fingerprint density at radius 2 is 1.94 bits per heavy atom. The van der Waals surface area contributed by atoms with Gasteiger partial charge in [0.15, 0.2) is 0 Å². The zero-order valence-electron chi connectivity index (χ0n) is 9.86. The SMILES string of the molecule is NC(=O)[C@@H](CC1CC1)NC(=O)c1ccc(Cl)cc1. The fourth-order valence-electron chi connectivity index (χ4n) is 1.78. The molecule has 1 fully saturated rings. The van der Waals surface area contributed by atoms with Gasteiger partial charge in [-0.15, -0.1) is 0 Å². The number of amides is 2. The predicted octanol–water partition coefficient (Wildman–Crippen LogP) is 1.72. The van der Waals surface area contributed by atoms with E-state index in [-0.39, 0.29) is 5.91 Å². The summed E-state index contributed by atoms with van der Waals surface area (Å²) >= 11 is 5.74. The number of hydrogen-bond donors (Lipinski definition) is 2. The van der Waals surface area contributed by atoms with Crippen LogP contribution in [0, 0.1) is 5.92 Å². The first-order chi connectivity index (χ1) is 8.56. The van der Waals surface area contributed by atoms with Crippen molar-refractivity contribution in [1.29, 1.82) is 0 Å². The molecular formula is C13H15ClN2O2. The highest BCUT2D eigenvalue weighted by atomic mass is 35.5. The second kappa shape index (κ2) is 5.40. The molecule has 5 heteroatoms. The largest absolute Gasteiger partial charge is 0.368 e. The van der Waals surface area contributed by atoms with Gasteiger partial charge in [0.2, 0.25) is 5.91 Å². The summed E-state index contributed by atoms with van der Waals surface area (Å²) in [5.41, 5.74) is 5.76. The molecule has 1 saturated carbocycles. The lowest BCUT2D eigenvalue weighted by atomic mass is 10.1. The first-order valence-corrected chi connectivity index (χ1v) is 6.30. The van der Waals surface area contributed by atoms with E-state index in [9.17, 15) is 9.59 Å². The lowest BCUT2D eigenvalue weighted by Gasteiger charge is -2.15. The Balaban J connectivity index is 1.99. The van der Waals surface area contributed by atoms with Crippen LogP contribution >= 0.6 is 11.6 Å². The highest BCUT2D eigenvalue weighted by Gasteiger charge is 2.29. The van der Waals surface area contributed by atoms with Crippen LogP contribution in [-0.4, -0.2) is 17.9 Å². The van der Waals surface area contributed by atoms with Gasteiger partial charge < -0.3 is 11.1 Å². The van der Waals surface area contributed by atoms with Crippen molar-refractivity contribution in [2.24, 2.45) is 11.7 Å². The van der Waals surface area contributed by atoms with E-state index in [2.05, 4.69) is 5.32 Å². The van der Waals surface area contributed by atoms with Gasteiger partial charge in [-0.1, -0.05) is 24.4 Å². The zero-order valence-corrected chi connectivity index (χ0v) is 10.6. The molecule has 1 aliphatic rings. The highest BCUT2D eigenvalue weighted by Crippen LogP contribution is 2.33. The first kappa shape index (κ1) is 12.9. The molecule has 3 N–H and O–H groups in total. The van der Waals surface area contributed by atoms with E-state index in [1.807, 2.05) is 0 Å². The molecule has 0 aliphatic heterocycles. The van der Waals surface area contributed by atoms with Gasteiger partial charge in [0.1, 0.15) is 6.04 Å². The van der Waals surface area contributed by atoms with E-state index < -0.39 is 11.9 Å². The van der Waals surface area contributed by atoms with Gasteiger partial charge in [0, 0.05) is 10.6 Å². The van der Waals surface area contributed by atoms with Crippen molar-refractivity contribution in [3.8, 4) is 0 Å². The van der Waals surface area contributed by atoms with Crippen molar-refractivity contribution < 1.29 is 9.59 Å². The Morgan fingerprint density at radius 1 is 1.33 bits per heavy atom. The third kappa shape index (κ3) is 3.47. The Hall–Kier alpha value is -1.55. The molecule has 18 heavy (non-hydrogen) atoms. The summed E-state index contributed by atoms with van der Waals surface area (Å²) < 4.78 is 0. The van der Waals surface area contributed by atoms with Crippen LogP contribution in [0.1, 0.15) is 29.6 Å². The van der Waals surface area contributed by atoms with Crippen molar-refractivity contribution in [2.45, 2.75) is 25.3 Å². The quantitative estimate of drug-likeness (QED) is 0.852. The molecule has 0 radical (unpaired) electrons. The number of halogens is 1. The van der Waals surface area contributed by atoms with E-state index in [0.717, 1.165) is 12.8 Å². The minimum absolute atomic E-state index is 0.295. The number of carbonyl (C=O) groups excluding carboxylic acids is 2. The third-order valence-corrected chi connectivity index (χ3v) is 3.27. The number of nitrogens with one attached hydrogen (secondary N) is 1. The van der Waals surface area contributed by atoms with Gasteiger partial charge in [-0.25, -0.2) is 0 Å². The van der Waals surface area contributed by atoms with Crippen LogP contribution in [0.2, 0.25) is 5.02 Å². The van der Waals surface area contributed by atoms with Gasteiger partial charge in [-0.05, 0) is 36.6 Å². The number of primary amides is 1. The monoisotopic (exact) mass is 266 g/mol. The summed E-state index contributed by atoms with van der Waals surface area (Å²) in [6.07, 6.45) is 2.86. The summed E-state index contributed by atoms with van der Waals surface area (Å²) in [4.78, 5) is 23.2. The second-order valence-corrected chi connectivity index (χ2v) is 5.05. The van der Waals surface area contributed by atoms with E-state index in [0.29, 0.717) is 22.9 Å². The third-order valence-electron chi connectivity index (χ3n) is 3.02. The molecule has 0 aromatic heterocycles. The van der Waals surface area contributed by atoms with Crippen molar-refractivity contribution in [2.75, 3.05) is 0 Å². The van der Waals surface area contributed by atoms with Gasteiger partial charge in [-0.2, -0.15) is 0 Å². The van der Waals surface area contributed by atoms with Crippen LogP contribution in [0.3, 0.4) is 0 Å². The molecule has 0 unspecified atom stereocenters. The lowest BCUT2D eigenvalue weighted by molar-refractivity contribution is -0.120. The fraction of sp³-hybridized carbons (Fsp3) is 0.385. The topological polar surface area (TPSA) is 72.2 Å². The van der Waals surface area contributed by atoms with Crippen LogP contribution in [0.4, 0.5) is 0 Å². The summed E-state index contributed by atoms with van der Waals surface area (Å²) in [5, 5.41) is 3.23. The van der Waals surface area contributed by atoms with Crippen molar-refractivity contribution in [1.82, 2.24) is 5.32 Å². The average molecular weight is 267 g/mol. The van der Waals surface area contributed by atoms with Gasteiger partial charge in [0.25, 0.3) is 5.91 Å². The van der Waals surface area contributed by atoms with Crippen molar-refractivity contribution in [3.05, 3.63) is 34.9 Å². The number of hydrogen-bond acceptors (Lipinski definition) is 2. The molecule has 96 valence electrons. The Morgan fingerprint density at radius 3 is 2.44 bits per heavy atom. The maximum absolute atomic E-state index is 11.9. The standard InChI is InChI=1S/C13H15ClN2O2/c14-10-5-3-9(4-6-10)13(18)16-11(12(15)17)7-8-1-2-8/h3-6,8,11H,1-2,7H2,(H2,15,17)(H,16,18)/t11-/m1/s1. The van der Waals surface area contributed by atoms with Crippen LogP contribution in [-0.2, 0) is 4.79 Å². The molecule has 0 bridgehead atoms. The maximum atomic E-state index is 11.9. The summed E-state index contributed by atoms with van der Waals surface area (Å²) in [6, 6.07) is 5.92. The maximum Gasteiger partial charge on any atom is 0.251 e. The number of carbonyl (C=O) groups is 2. The first-order valence-electron chi connectivity index (χ1n) is 5.92. The van der Waals surface area contributed by atoms with Crippen LogP contribution in [0.5, 0.6) is 0 Å². The highest BCUT2D eigenvalue weighted by molar-refractivity contribution is 6.30. The normalized spacial score (nSPS) is 16.1. The fourth-order valence-corrected chi connectivity index (χ4v) is 1.90. The minimum atomic E-state index is -0.583. The predicted molar refractivity (Wildman–Crippen MR) is 69.2 cm³/mol. The zero-order chi connectivity index (χ0) is 13.1. The number of rotatable bonds is 5. The molecule has 0 saturated heterocycles. The molecule has 1 aliphatic carbocycles. The lowest BCUT2D eigenvalue weighted by Crippen LogP contribution is -2.44. The van der Waals surface area contributed by atoms with E-state index >= 15 is 0 Å². The van der Waals surface area contributed by atoms with Crippen LogP contribution in [0.15, 0.2) is 24.3 Å². The number of nitrogens with two attached hydrogens (primary N) is 1. The van der Waals surface area contributed by atoms with Crippen molar-refractivity contribution in [3.63, 3.8) is 0 Å². The van der Waals surface area contributed by atoms with E-state index in [1.165, 1.54) is 0 Å². The molecule has 1 aromatic carbocycles. The molecule has 2 rings (SSSR count). The molecule has 0 heterocycles. The second-order valence-electron chi connectivity index (χ2n) is 4.61. The molecular weight excluding hydrogens is 252 g/mol. The minimum Gasteiger partial charge on any atom is -0.368 e. The smallest absolute Gasteiger partial charge is 0.251 e. The van der Waals surface area contributed by atoms with Gasteiger partial charge >= 0.3 is 0 Å². The Kier molecular flexibility index (Phi) is 3.87. The molecule has 2 amide bonds. The molecule has 1 atom stereocenters. The number of benzene rings is 1. The van der Waals surface area contributed by atoms with E-state index in [1.54, 1.807) is 24.3 Å². The van der Waals surface area contributed by atoms with Crippen molar-refractivity contribution >= 4 is 23.4 Å². The average Bonchev–Trinajstić information content (AvgIpc) is 3.12. The van der Waals surface area contributed by atoms with Crippen LogP contribution in [0.25, 0.3) is 0 Å². The molecule has 0 spiro atoms. The molecule has 1 aromatic rings. The summed E-state index contributed by atoms with van der Waals surface area (Å²) in [5.74, 6) is -0.256. The summed E-state index contributed by atoms with van der Waals surface area (Å²) in [7, 11) is 0.